The Balaban J connectivity index is 1.84. The van der Waals surface area contributed by atoms with E-state index in [1.807, 2.05) is 7.05 Å². The fraction of sp³-hybridized carbons (Fsp3) is 0.526. The van der Waals surface area contributed by atoms with E-state index in [-0.39, 0.29) is 5.54 Å². The lowest BCUT2D eigenvalue weighted by atomic mass is 10.00. The smallest absolute Gasteiger partial charge is 0.193 e. The van der Waals surface area contributed by atoms with Gasteiger partial charge in [-0.1, -0.05) is 36.4 Å². The highest BCUT2D eigenvalue weighted by Crippen LogP contribution is 2.21. The lowest BCUT2D eigenvalue weighted by molar-refractivity contribution is 0.415. The molecular weight excluding hydrogens is 284 g/mol. The third kappa shape index (κ3) is 5.71. The molecular formula is C19H30N4. The summed E-state index contributed by atoms with van der Waals surface area (Å²) in [6.45, 7) is 10.3. The van der Waals surface area contributed by atoms with Gasteiger partial charge in [0.1, 0.15) is 0 Å². The van der Waals surface area contributed by atoms with Crippen molar-refractivity contribution < 1.29 is 0 Å². The van der Waals surface area contributed by atoms with E-state index in [1.165, 1.54) is 11.1 Å². The first kappa shape index (κ1) is 17.5. The van der Waals surface area contributed by atoms with Crippen LogP contribution in [0.2, 0.25) is 0 Å². The molecule has 0 amide bonds. The highest BCUT2D eigenvalue weighted by molar-refractivity contribution is 5.81. The lowest BCUT2D eigenvalue weighted by Gasteiger charge is -2.30. The zero-order valence-corrected chi connectivity index (χ0v) is 14.9. The van der Waals surface area contributed by atoms with Crippen molar-refractivity contribution in [3.63, 3.8) is 0 Å². The third-order valence-electron chi connectivity index (χ3n) is 3.93. The van der Waals surface area contributed by atoms with Gasteiger partial charge in [-0.2, -0.15) is 0 Å². The molecule has 0 saturated carbocycles. The van der Waals surface area contributed by atoms with Crippen molar-refractivity contribution in [3.05, 3.63) is 42.0 Å². The Morgan fingerprint density at radius 1 is 1.17 bits per heavy atom. The Labute approximate surface area is 140 Å². The summed E-state index contributed by atoms with van der Waals surface area (Å²) in [4.78, 5) is 6.73. The summed E-state index contributed by atoms with van der Waals surface area (Å²) in [6.07, 6.45) is 3.38. The average Bonchev–Trinajstić information content (AvgIpc) is 2.55. The van der Waals surface area contributed by atoms with Crippen LogP contribution >= 0.6 is 0 Å². The first-order valence-electron chi connectivity index (χ1n) is 8.45. The molecule has 0 radical (unpaired) electrons. The van der Waals surface area contributed by atoms with E-state index in [4.69, 9.17) is 0 Å². The molecule has 1 aromatic rings. The van der Waals surface area contributed by atoms with Crippen LogP contribution in [0.4, 0.5) is 0 Å². The van der Waals surface area contributed by atoms with Gasteiger partial charge in [-0.05, 0) is 38.3 Å². The van der Waals surface area contributed by atoms with Gasteiger partial charge in [-0.15, -0.1) is 0 Å². The minimum absolute atomic E-state index is 0.156. The van der Waals surface area contributed by atoms with Crippen molar-refractivity contribution in [2.75, 3.05) is 33.2 Å². The predicted molar refractivity (Wildman–Crippen MR) is 99.7 cm³/mol. The van der Waals surface area contributed by atoms with E-state index in [0.717, 1.165) is 38.6 Å². The first-order valence-corrected chi connectivity index (χ1v) is 8.45. The zero-order chi connectivity index (χ0) is 16.7. The summed E-state index contributed by atoms with van der Waals surface area (Å²) in [5.41, 5.74) is 2.93. The molecule has 0 atom stereocenters. The second-order valence-corrected chi connectivity index (χ2v) is 6.94. The molecule has 0 saturated heterocycles. The number of aliphatic imine (C=N–C) groups is 1. The molecule has 0 fully saturated rings. The number of nitrogens with zero attached hydrogens (tertiary/aromatic N) is 2. The van der Waals surface area contributed by atoms with Crippen LogP contribution in [0.15, 0.2) is 41.4 Å². The minimum atomic E-state index is 0.156. The maximum atomic E-state index is 4.42. The fourth-order valence-electron chi connectivity index (χ4n) is 2.72. The SMILES string of the molecule is CN=C(NCCNC(C)(C)C)N1CC=C(c2ccccc2)CC1. The van der Waals surface area contributed by atoms with E-state index in [0.29, 0.717) is 0 Å². The maximum Gasteiger partial charge on any atom is 0.193 e. The number of guanidine groups is 1. The van der Waals surface area contributed by atoms with Crippen LogP contribution < -0.4 is 10.6 Å². The molecule has 23 heavy (non-hydrogen) atoms. The predicted octanol–water partition coefficient (Wildman–Crippen LogP) is 2.74. The van der Waals surface area contributed by atoms with Gasteiger partial charge in [0.15, 0.2) is 5.96 Å². The van der Waals surface area contributed by atoms with Gasteiger partial charge >= 0.3 is 0 Å². The van der Waals surface area contributed by atoms with Gasteiger partial charge in [0, 0.05) is 38.8 Å². The molecule has 1 aliphatic heterocycles. The van der Waals surface area contributed by atoms with E-state index >= 15 is 0 Å². The van der Waals surface area contributed by atoms with Gasteiger partial charge in [-0.25, -0.2) is 0 Å². The molecule has 1 aliphatic rings. The standard InChI is InChI=1S/C19H30N4/c1-19(2,3)22-13-12-21-18(20-4)23-14-10-17(11-15-23)16-8-6-5-7-9-16/h5-10,22H,11-15H2,1-4H3,(H,20,21). The summed E-state index contributed by atoms with van der Waals surface area (Å²) in [5.74, 6) is 0.990. The monoisotopic (exact) mass is 314 g/mol. The lowest BCUT2D eigenvalue weighted by Crippen LogP contribution is -2.47. The molecule has 0 bridgehead atoms. The largest absolute Gasteiger partial charge is 0.355 e. The average molecular weight is 314 g/mol. The number of hydrogen-bond donors (Lipinski definition) is 2. The van der Waals surface area contributed by atoms with Gasteiger partial charge < -0.3 is 15.5 Å². The van der Waals surface area contributed by atoms with Crippen molar-refractivity contribution >= 4 is 11.5 Å². The maximum absolute atomic E-state index is 4.42. The highest BCUT2D eigenvalue weighted by Gasteiger charge is 2.16. The van der Waals surface area contributed by atoms with E-state index in [2.05, 4.69) is 77.7 Å². The van der Waals surface area contributed by atoms with Gasteiger partial charge in [-0.3, -0.25) is 4.99 Å². The van der Waals surface area contributed by atoms with Crippen LogP contribution in [-0.4, -0.2) is 49.6 Å². The quantitative estimate of drug-likeness (QED) is 0.510. The van der Waals surface area contributed by atoms with E-state index < -0.39 is 0 Å². The number of nitrogens with one attached hydrogen (secondary N) is 2. The molecule has 0 aromatic heterocycles. The molecule has 0 spiro atoms. The number of benzene rings is 1. The Morgan fingerprint density at radius 3 is 2.48 bits per heavy atom. The normalized spacial score (nSPS) is 16.3. The van der Waals surface area contributed by atoms with Crippen molar-refractivity contribution in [1.82, 2.24) is 15.5 Å². The van der Waals surface area contributed by atoms with Crippen LogP contribution in [0.3, 0.4) is 0 Å². The van der Waals surface area contributed by atoms with Crippen LogP contribution in [0.5, 0.6) is 0 Å². The summed E-state index contributed by atoms with van der Waals surface area (Å²) in [5, 5.41) is 6.94. The summed E-state index contributed by atoms with van der Waals surface area (Å²) in [6, 6.07) is 10.6. The van der Waals surface area contributed by atoms with Crippen molar-refractivity contribution in [2.24, 2.45) is 4.99 Å². The van der Waals surface area contributed by atoms with Crippen LogP contribution in [0, 0.1) is 0 Å². The van der Waals surface area contributed by atoms with Crippen molar-refractivity contribution in [2.45, 2.75) is 32.7 Å². The van der Waals surface area contributed by atoms with Crippen LogP contribution in [0.25, 0.3) is 5.57 Å². The van der Waals surface area contributed by atoms with Gasteiger partial charge in [0.2, 0.25) is 0 Å². The van der Waals surface area contributed by atoms with Crippen molar-refractivity contribution in [1.29, 1.82) is 0 Å². The number of rotatable bonds is 4. The molecule has 2 rings (SSSR count). The molecule has 1 heterocycles. The molecule has 126 valence electrons. The van der Waals surface area contributed by atoms with E-state index in [9.17, 15) is 0 Å². The minimum Gasteiger partial charge on any atom is -0.355 e. The summed E-state index contributed by atoms with van der Waals surface area (Å²) < 4.78 is 0. The Morgan fingerprint density at radius 2 is 1.91 bits per heavy atom. The Kier molecular flexibility index (Phi) is 6.22. The summed E-state index contributed by atoms with van der Waals surface area (Å²) >= 11 is 0. The molecule has 1 aromatic carbocycles. The van der Waals surface area contributed by atoms with Crippen molar-refractivity contribution in [3.8, 4) is 0 Å². The van der Waals surface area contributed by atoms with Crippen LogP contribution in [-0.2, 0) is 0 Å². The molecule has 2 N–H and O–H groups in total. The second kappa shape index (κ2) is 8.16. The Bertz CT molecular complexity index is 540. The Hall–Kier alpha value is -1.81. The second-order valence-electron chi connectivity index (χ2n) is 6.94. The number of hydrogen-bond acceptors (Lipinski definition) is 2. The van der Waals surface area contributed by atoms with E-state index in [1.54, 1.807) is 0 Å². The first-order chi connectivity index (χ1) is 11.0. The topological polar surface area (TPSA) is 39.7 Å². The zero-order valence-electron chi connectivity index (χ0n) is 14.9. The highest BCUT2D eigenvalue weighted by atomic mass is 15.3. The van der Waals surface area contributed by atoms with Crippen LogP contribution in [0.1, 0.15) is 32.8 Å². The molecule has 0 aliphatic carbocycles. The summed E-state index contributed by atoms with van der Waals surface area (Å²) in [7, 11) is 1.86. The third-order valence-corrected chi connectivity index (χ3v) is 3.93. The van der Waals surface area contributed by atoms with Gasteiger partial charge in [0.05, 0.1) is 0 Å². The molecule has 4 nitrogen and oxygen atoms in total. The van der Waals surface area contributed by atoms with Gasteiger partial charge in [0.25, 0.3) is 0 Å². The molecule has 0 unspecified atom stereocenters. The molecule has 4 heteroatoms. The fourth-order valence-corrected chi connectivity index (χ4v) is 2.72.